The maximum atomic E-state index is 13.3. The molecular formula is C10H9BrClFN2. The molecule has 2 rings (SSSR count). The van der Waals surface area contributed by atoms with Crippen LogP contribution < -0.4 is 0 Å². The number of benzene rings is 1. The number of fused-ring (bicyclic) bond motifs is 1. The van der Waals surface area contributed by atoms with E-state index in [-0.39, 0.29) is 11.9 Å². The normalized spacial score (nSPS) is 11.6. The van der Waals surface area contributed by atoms with Crippen molar-refractivity contribution in [1.82, 2.24) is 9.55 Å². The van der Waals surface area contributed by atoms with E-state index in [1.807, 2.05) is 18.4 Å². The second kappa shape index (κ2) is 3.76. The van der Waals surface area contributed by atoms with Crippen molar-refractivity contribution < 1.29 is 4.39 Å². The Kier molecular flexibility index (Phi) is 2.73. The molecule has 1 heterocycles. The Morgan fingerprint density at radius 1 is 1.47 bits per heavy atom. The van der Waals surface area contributed by atoms with Crippen molar-refractivity contribution in [2.45, 2.75) is 19.9 Å². The third-order valence-electron chi connectivity index (χ3n) is 2.20. The highest BCUT2D eigenvalue weighted by Crippen LogP contribution is 2.28. The summed E-state index contributed by atoms with van der Waals surface area (Å²) >= 11 is 9.13. The van der Waals surface area contributed by atoms with Gasteiger partial charge < -0.3 is 4.57 Å². The Morgan fingerprint density at radius 3 is 2.73 bits per heavy atom. The molecule has 5 heteroatoms. The molecule has 1 aromatic carbocycles. The van der Waals surface area contributed by atoms with E-state index in [0.29, 0.717) is 15.3 Å². The predicted octanol–water partition coefficient (Wildman–Crippen LogP) is 4.17. The van der Waals surface area contributed by atoms with Crippen LogP contribution in [0.5, 0.6) is 0 Å². The molecule has 0 unspecified atom stereocenters. The van der Waals surface area contributed by atoms with Crippen molar-refractivity contribution in [2.75, 3.05) is 0 Å². The number of hydrogen-bond donors (Lipinski definition) is 0. The standard InChI is InChI=1S/C10H9BrClFN2/c1-5(2)15-9-3-6(11)7(13)4-8(9)14-10(15)12/h3-5H,1-2H3. The third-order valence-corrected chi connectivity index (χ3v) is 3.08. The Balaban J connectivity index is 2.81. The van der Waals surface area contributed by atoms with Gasteiger partial charge in [0.15, 0.2) is 0 Å². The summed E-state index contributed by atoms with van der Waals surface area (Å²) in [6, 6.07) is 3.27. The van der Waals surface area contributed by atoms with Crippen molar-refractivity contribution in [3.05, 3.63) is 27.7 Å². The number of imidazole rings is 1. The van der Waals surface area contributed by atoms with Gasteiger partial charge in [-0.1, -0.05) is 0 Å². The van der Waals surface area contributed by atoms with Gasteiger partial charge in [0, 0.05) is 12.1 Å². The van der Waals surface area contributed by atoms with E-state index in [9.17, 15) is 4.39 Å². The van der Waals surface area contributed by atoms with Gasteiger partial charge in [0.25, 0.3) is 0 Å². The molecule has 0 N–H and O–H groups in total. The monoisotopic (exact) mass is 290 g/mol. The largest absolute Gasteiger partial charge is 0.312 e. The highest BCUT2D eigenvalue weighted by Gasteiger charge is 2.13. The van der Waals surface area contributed by atoms with Crippen LogP contribution in [-0.2, 0) is 0 Å². The van der Waals surface area contributed by atoms with Crippen LogP contribution in [-0.4, -0.2) is 9.55 Å². The predicted molar refractivity (Wildman–Crippen MR) is 62.8 cm³/mol. The summed E-state index contributed by atoms with van der Waals surface area (Å²) in [4.78, 5) is 4.10. The van der Waals surface area contributed by atoms with E-state index < -0.39 is 0 Å². The van der Waals surface area contributed by atoms with E-state index in [1.165, 1.54) is 6.07 Å². The first kappa shape index (κ1) is 10.9. The minimum Gasteiger partial charge on any atom is -0.312 e. The van der Waals surface area contributed by atoms with Crippen LogP contribution in [0.1, 0.15) is 19.9 Å². The number of nitrogens with zero attached hydrogens (tertiary/aromatic N) is 2. The zero-order chi connectivity index (χ0) is 11.2. The first-order chi connectivity index (χ1) is 7.00. The molecule has 0 spiro atoms. The van der Waals surface area contributed by atoms with Gasteiger partial charge in [-0.15, -0.1) is 0 Å². The molecule has 0 saturated carbocycles. The van der Waals surface area contributed by atoms with Gasteiger partial charge in [-0.3, -0.25) is 0 Å². The van der Waals surface area contributed by atoms with Crippen LogP contribution in [0.15, 0.2) is 16.6 Å². The third kappa shape index (κ3) is 1.76. The average molecular weight is 292 g/mol. The van der Waals surface area contributed by atoms with E-state index in [1.54, 1.807) is 6.07 Å². The molecule has 0 fully saturated rings. The fourth-order valence-electron chi connectivity index (χ4n) is 1.55. The fraction of sp³-hybridized carbons (Fsp3) is 0.300. The average Bonchev–Trinajstić information content (AvgIpc) is 2.41. The Morgan fingerprint density at radius 2 is 2.13 bits per heavy atom. The lowest BCUT2D eigenvalue weighted by Crippen LogP contribution is -2.00. The molecule has 0 aliphatic heterocycles. The number of hydrogen-bond acceptors (Lipinski definition) is 1. The number of halogens is 3. The second-order valence-corrected chi connectivity index (χ2v) is 4.79. The van der Waals surface area contributed by atoms with Crippen LogP contribution in [0.2, 0.25) is 5.28 Å². The van der Waals surface area contributed by atoms with Crippen LogP contribution in [0, 0.1) is 5.82 Å². The van der Waals surface area contributed by atoms with Gasteiger partial charge in [-0.2, -0.15) is 0 Å². The molecule has 2 aromatic rings. The Bertz CT molecular complexity index is 522. The van der Waals surface area contributed by atoms with Crippen LogP contribution >= 0.6 is 27.5 Å². The maximum absolute atomic E-state index is 13.3. The maximum Gasteiger partial charge on any atom is 0.204 e. The smallest absolute Gasteiger partial charge is 0.204 e. The number of rotatable bonds is 1. The van der Waals surface area contributed by atoms with Crippen molar-refractivity contribution in [3.63, 3.8) is 0 Å². The summed E-state index contributed by atoms with van der Waals surface area (Å²) in [7, 11) is 0. The zero-order valence-corrected chi connectivity index (χ0v) is 10.6. The lowest BCUT2D eigenvalue weighted by atomic mass is 10.3. The minimum absolute atomic E-state index is 0.194. The summed E-state index contributed by atoms with van der Waals surface area (Å²) in [5.41, 5.74) is 1.41. The van der Waals surface area contributed by atoms with Gasteiger partial charge >= 0.3 is 0 Å². The Labute approximate surface area is 100 Å². The lowest BCUT2D eigenvalue weighted by Gasteiger charge is -2.09. The molecule has 2 nitrogen and oxygen atoms in total. The van der Waals surface area contributed by atoms with Gasteiger partial charge in [0.2, 0.25) is 5.28 Å². The van der Waals surface area contributed by atoms with Gasteiger partial charge in [-0.05, 0) is 47.4 Å². The highest BCUT2D eigenvalue weighted by atomic mass is 79.9. The van der Waals surface area contributed by atoms with Crippen molar-refractivity contribution in [1.29, 1.82) is 0 Å². The van der Waals surface area contributed by atoms with Crippen molar-refractivity contribution in [2.24, 2.45) is 0 Å². The highest BCUT2D eigenvalue weighted by molar-refractivity contribution is 9.10. The molecule has 0 saturated heterocycles. The first-order valence-corrected chi connectivity index (χ1v) is 5.70. The van der Waals surface area contributed by atoms with Crippen molar-refractivity contribution >= 4 is 38.6 Å². The van der Waals surface area contributed by atoms with Gasteiger partial charge in [-0.25, -0.2) is 9.37 Å². The Hall–Kier alpha value is -0.610. The second-order valence-electron chi connectivity index (χ2n) is 3.60. The summed E-state index contributed by atoms with van der Waals surface area (Å²) < 4.78 is 15.5. The summed E-state index contributed by atoms with van der Waals surface area (Å²) in [5, 5.41) is 0.387. The quantitative estimate of drug-likeness (QED) is 0.771. The summed E-state index contributed by atoms with van der Waals surface area (Å²) in [6.07, 6.45) is 0. The summed E-state index contributed by atoms with van der Waals surface area (Å²) in [5.74, 6) is -0.326. The van der Waals surface area contributed by atoms with E-state index in [2.05, 4.69) is 20.9 Å². The molecule has 80 valence electrons. The van der Waals surface area contributed by atoms with Crippen molar-refractivity contribution in [3.8, 4) is 0 Å². The van der Waals surface area contributed by atoms with E-state index in [0.717, 1.165) is 5.52 Å². The van der Waals surface area contributed by atoms with Gasteiger partial charge in [0.1, 0.15) is 5.82 Å². The summed E-state index contributed by atoms with van der Waals surface area (Å²) in [6.45, 7) is 4.01. The van der Waals surface area contributed by atoms with E-state index >= 15 is 0 Å². The fourth-order valence-corrected chi connectivity index (χ4v) is 2.26. The topological polar surface area (TPSA) is 17.8 Å². The molecule has 0 radical (unpaired) electrons. The molecule has 0 amide bonds. The minimum atomic E-state index is -0.326. The van der Waals surface area contributed by atoms with Crippen LogP contribution in [0.3, 0.4) is 0 Å². The zero-order valence-electron chi connectivity index (χ0n) is 8.26. The molecule has 0 bridgehead atoms. The molecule has 1 aromatic heterocycles. The molecule has 0 aliphatic rings. The van der Waals surface area contributed by atoms with E-state index in [4.69, 9.17) is 11.6 Å². The van der Waals surface area contributed by atoms with Crippen LogP contribution in [0.4, 0.5) is 4.39 Å². The number of aromatic nitrogens is 2. The molecular weight excluding hydrogens is 282 g/mol. The first-order valence-electron chi connectivity index (χ1n) is 4.53. The molecule has 15 heavy (non-hydrogen) atoms. The van der Waals surface area contributed by atoms with Crippen LogP contribution in [0.25, 0.3) is 11.0 Å². The SMILES string of the molecule is CC(C)n1c(Cl)nc2cc(F)c(Br)cc21. The lowest BCUT2D eigenvalue weighted by molar-refractivity contribution is 0.614. The molecule has 0 aliphatic carbocycles. The van der Waals surface area contributed by atoms with Gasteiger partial charge in [0.05, 0.1) is 15.5 Å². The molecule has 0 atom stereocenters.